The van der Waals surface area contributed by atoms with Gasteiger partial charge >= 0.3 is 0 Å². The van der Waals surface area contributed by atoms with Crippen LogP contribution < -0.4 is 5.32 Å². The van der Waals surface area contributed by atoms with E-state index in [-0.39, 0.29) is 5.60 Å². The normalized spacial score (nSPS) is 24.2. The second kappa shape index (κ2) is 5.06. The van der Waals surface area contributed by atoms with Crippen LogP contribution in [0.25, 0.3) is 0 Å². The van der Waals surface area contributed by atoms with Crippen molar-refractivity contribution in [3.05, 3.63) is 11.9 Å². The topological polar surface area (TPSA) is 48.3 Å². The Balaban J connectivity index is 2.16. The second-order valence-corrected chi connectivity index (χ2v) is 4.55. The number of anilines is 1. The number of methoxy groups -OCH3 is 1. The van der Waals surface area contributed by atoms with E-state index in [2.05, 4.69) is 28.0 Å². The van der Waals surface area contributed by atoms with Gasteiger partial charge in [-0.25, -0.2) is 4.98 Å². The first-order valence-corrected chi connectivity index (χ1v) is 6.09. The van der Waals surface area contributed by atoms with Crippen molar-refractivity contribution < 1.29 is 9.47 Å². The van der Waals surface area contributed by atoms with Crippen LogP contribution in [0.5, 0.6) is 0 Å². The lowest BCUT2D eigenvalue weighted by Crippen LogP contribution is -2.37. The number of aromatic nitrogens is 2. The molecule has 1 saturated heterocycles. The van der Waals surface area contributed by atoms with Crippen LogP contribution in [-0.2, 0) is 16.0 Å². The van der Waals surface area contributed by atoms with Crippen LogP contribution in [0.3, 0.4) is 0 Å². The third kappa shape index (κ3) is 2.61. The first-order chi connectivity index (χ1) is 8.19. The highest BCUT2D eigenvalue weighted by Crippen LogP contribution is 2.26. The third-order valence-electron chi connectivity index (χ3n) is 3.19. The summed E-state index contributed by atoms with van der Waals surface area (Å²) in [4.78, 5) is 4.46. The number of nitrogens with one attached hydrogen (secondary N) is 1. The molecule has 0 bridgehead atoms. The Morgan fingerprint density at radius 2 is 2.47 bits per heavy atom. The monoisotopic (exact) mass is 239 g/mol. The van der Waals surface area contributed by atoms with Gasteiger partial charge in [0.1, 0.15) is 5.60 Å². The van der Waals surface area contributed by atoms with Crippen molar-refractivity contribution in [3.8, 4) is 0 Å². The molecule has 0 amide bonds. The van der Waals surface area contributed by atoms with Crippen molar-refractivity contribution in [1.82, 2.24) is 9.55 Å². The zero-order valence-electron chi connectivity index (χ0n) is 10.8. The van der Waals surface area contributed by atoms with E-state index in [4.69, 9.17) is 9.47 Å². The molecule has 0 spiro atoms. The van der Waals surface area contributed by atoms with Gasteiger partial charge < -0.3 is 19.4 Å². The van der Waals surface area contributed by atoms with Gasteiger partial charge in [0.15, 0.2) is 0 Å². The molecule has 1 fully saturated rings. The van der Waals surface area contributed by atoms with Gasteiger partial charge in [0.05, 0.1) is 18.8 Å². The molecule has 2 heterocycles. The second-order valence-electron chi connectivity index (χ2n) is 4.55. The summed E-state index contributed by atoms with van der Waals surface area (Å²) < 4.78 is 13.2. The van der Waals surface area contributed by atoms with Crippen molar-refractivity contribution in [2.24, 2.45) is 0 Å². The average Bonchev–Trinajstić information content (AvgIpc) is 2.89. The minimum atomic E-state index is -0.197. The molecular weight excluding hydrogens is 218 g/mol. The fourth-order valence-electron chi connectivity index (χ4n) is 2.22. The Kier molecular flexibility index (Phi) is 3.69. The fourth-order valence-corrected chi connectivity index (χ4v) is 2.22. The lowest BCUT2D eigenvalue weighted by molar-refractivity contribution is -0.0291. The van der Waals surface area contributed by atoms with Crippen molar-refractivity contribution in [2.75, 3.05) is 32.2 Å². The fraction of sp³-hybridized carbons (Fsp3) is 0.750. The molecule has 1 aliphatic heterocycles. The van der Waals surface area contributed by atoms with Crippen LogP contribution in [0.1, 0.15) is 19.0 Å². The quantitative estimate of drug-likeness (QED) is 0.844. The minimum absolute atomic E-state index is 0.197. The summed E-state index contributed by atoms with van der Waals surface area (Å²) in [7, 11) is 1.76. The number of nitrogens with zero attached hydrogens (tertiary/aromatic N) is 2. The SMILES string of the molecule is CCNc1nc(C)cn1CC1(OC)CCOC1. The standard InChI is InChI=1S/C12H21N3O2/c1-4-13-11-14-10(2)7-15(11)8-12(16-3)5-6-17-9-12/h7H,4-6,8-9H2,1-3H3,(H,13,14). The number of aryl methyl sites for hydroxylation is 1. The molecule has 1 unspecified atom stereocenters. The van der Waals surface area contributed by atoms with Crippen molar-refractivity contribution in [3.63, 3.8) is 0 Å². The number of rotatable bonds is 5. The van der Waals surface area contributed by atoms with Gasteiger partial charge in [-0.2, -0.15) is 0 Å². The molecule has 1 atom stereocenters. The van der Waals surface area contributed by atoms with E-state index in [1.54, 1.807) is 7.11 Å². The molecule has 96 valence electrons. The van der Waals surface area contributed by atoms with Gasteiger partial charge in [-0.05, 0) is 13.8 Å². The van der Waals surface area contributed by atoms with E-state index in [1.807, 2.05) is 6.92 Å². The molecule has 5 nitrogen and oxygen atoms in total. The smallest absolute Gasteiger partial charge is 0.203 e. The van der Waals surface area contributed by atoms with Crippen LogP contribution in [0.4, 0.5) is 5.95 Å². The van der Waals surface area contributed by atoms with E-state index >= 15 is 0 Å². The van der Waals surface area contributed by atoms with Crippen LogP contribution in [-0.4, -0.2) is 42.0 Å². The molecule has 0 saturated carbocycles. The summed E-state index contributed by atoms with van der Waals surface area (Å²) in [5.74, 6) is 0.910. The Morgan fingerprint density at radius 1 is 1.65 bits per heavy atom. The zero-order chi connectivity index (χ0) is 12.3. The van der Waals surface area contributed by atoms with E-state index in [1.165, 1.54) is 0 Å². The van der Waals surface area contributed by atoms with Gasteiger partial charge in [-0.3, -0.25) is 0 Å². The number of hydrogen-bond acceptors (Lipinski definition) is 4. The van der Waals surface area contributed by atoms with Crippen LogP contribution in [0, 0.1) is 6.92 Å². The lowest BCUT2D eigenvalue weighted by atomic mass is 10.0. The maximum absolute atomic E-state index is 5.64. The Hall–Kier alpha value is -1.07. The first-order valence-electron chi connectivity index (χ1n) is 6.09. The summed E-state index contributed by atoms with van der Waals surface area (Å²) >= 11 is 0. The third-order valence-corrected chi connectivity index (χ3v) is 3.19. The zero-order valence-corrected chi connectivity index (χ0v) is 10.8. The van der Waals surface area contributed by atoms with E-state index in [9.17, 15) is 0 Å². The Labute approximate surface area is 102 Å². The van der Waals surface area contributed by atoms with Crippen LogP contribution in [0.15, 0.2) is 6.20 Å². The highest BCUT2D eigenvalue weighted by atomic mass is 16.5. The number of hydrogen-bond donors (Lipinski definition) is 1. The van der Waals surface area contributed by atoms with Crippen LogP contribution >= 0.6 is 0 Å². The molecule has 1 aromatic rings. The van der Waals surface area contributed by atoms with Crippen LogP contribution in [0.2, 0.25) is 0 Å². The Morgan fingerprint density at radius 3 is 3.06 bits per heavy atom. The van der Waals surface area contributed by atoms with E-state index < -0.39 is 0 Å². The molecule has 1 N–H and O–H groups in total. The summed E-state index contributed by atoms with van der Waals surface area (Å²) in [6.07, 6.45) is 2.99. The molecule has 5 heteroatoms. The number of ether oxygens (including phenoxy) is 2. The summed E-state index contributed by atoms with van der Waals surface area (Å²) in [6.45, 7) is 7.16. The minimum Gasteiger partial charge on any atom is -0.378 e. The lowest BCUT2D eigenvalue weighted by Gasteiger charge is -2.26. The predicted octanol–water partition coefficient (Wildman–Crippen LogP) is 1.43. The van der Waals surface area contributed by atoms with E-state index in [0.29, 0.717) is 6.61 Å². The molecule has 0 aromatic carbocycles. The Bertz CT molecular complexity index is 370. The van der Waals surface area contributed by atoms with Gasteiger partial charge in [-0.1, -0.05) is 0 Å². The van der Waals surface area contributed by atoms with Gasteiger partial charge in [-0.15, -0.1) is 0 Å². The average molecular weight is 239 g/mol. The molecular formula is C12H21N3O2. The van der Waals surface area contributed by atoms with Crippen molar-refractivity contribution in [2.45, 2.75) is 32.4 Å². The van der Waals surface area contributed by atoms with Gasteiger partial charge in [0, 0.05) is 32.9 Å². The summed E-state index contributed by atoms with van der Waals surface area (Å²) in [5.41, 5.74) is 0.822. The molecule has 1 aliphatic rings. The molecule has 0 radical (unpaired) electrons. The van der Waals surface area contributed by atoms with Crippen molar-refractivity contribution in [1.29, 1.82) is 0 Å². The summed E-state index contributed by atoms with van der Waals surface area (Å²) in [6, 6.07) is 0. The highest BCUT2D eigenvalue weighted by Gasteiger charge is 2.35. The molecule has 17 heavy (non-hydrogen) atoms. The summed E-state index contributed by atoms with van der Waals surface area (Å²) in [5, 5.41) is 3.27. The largest absolute Gasteiger partial charge is 0.378 e. The maximum Gasteiger partial charge on any atom is 0.203 e. The van der Waals surface area contributed by atoms with E-state index in [0.717, 1.165) is 37.8 Å². The maximum atomic E-state index is 5.64. The molecule has 2 rings (SSSR count). The van der Waals surface area contributed by atoms with Gasteiger partial charge in [0.25, 0.3) is 0 Å². The van der Waals surface area contributed by atoms with Crippen molar-refractivity contribution >= 4 is 5.95 Å². The first kappa shape index (κ1) is 12.4. The highest BCUT2D eigenvalue weighted by molar-refractivity contribution is 5.28. The van der Waals surface area contributed by atoms with Gasteiger partial charge in [0.2, 0.25) is 5.95 Å². The number of imidazole rings is 1. The molecule has 1 aromatic heterocycles. The predicted molar refractivity (Wildman–Crippen MR) is 66.3 cm³/mol. The molecule has 0 aliphatic carbocycles.